The van der Waals surface area contributed by atoms with Crippen LogP contribution in [0.25, 0.3) is 0 Å². The first-order chi connectivity index (χ1) is 17.2. The molecule has 5 nitrogen and oxygen atoms in total. The van der Waals surface area contributed by atoms with Crippen LogP contribution in [0.4, 0.5) is 11.4 Å². The molecule has 0 radical (unpaired) electrons. The molecule has 0 heterocycles. The first-order valence-electron chi connectivity index (χ1n) is 13.9. The van der Waals surface area contributed by atoms with E-state index in [1.54, 1.807) is 12.1 Å². The van der Waals surface area contributed by atoms with E-state index >= 15 is 0 Å². The van der Waals surface area contributed by atoms with E-state index in [1.807, 2.05) is 36.4 Å². The van der Waals surface area contributed by atoms with Crippen molar-refractivity contribution in [2.45, 2.75) is 104 Å². The van der Waals surface area contributed by atoms with Crippen molar-refractivity contribution in [3.8, 4) is 11.5 Å². The highest BCUT2D eigenvalue weighted by Crippen LogP contribution is 2.23. The van der Waals surface area contributed by atoms with Crippen molar-refractivity contribution in [2.75, 3.05) is 13.2 Å². The summed E-state index contributed by atoms with van der Waals surface area (Å²) in [7, 11) is 0. The number of benzene rings is 2. The molecule has 0 N–H and O–H groups in total. The summed E-state index contributed by atoms with van der Waals surface area (Å²) in [5.74, 6) is 1.60. The highest BCUT2D eigenvalue weighted by atomic mass is 16.5. The minimum Gasteiger partial charge on any atom is -0.594 e. The van der Waals surface area contributed by atoms with E-state index in [0.29, 0.717) is 22.8 Å². The van der Waals surface area contributed by atoms with Crippen LogP contribution in [0.15, 0.2) is 53.6 Å². The fraction of sp³-hybridized carbons (Fsp3) is 0.600. The van der Waals surface area contributed by atoms with Gasteiger partial charge in [-0.2, -0.15) is 0 Å². The molecule has 0 fully saturated rings. The van der Waals surface area contributed by atoms with Gasteiger partial charge in [0, 0.05) is 17.2 Å². The minimum atomic E-state index is 0.479. The Kier molecular flexibility index (Phi) is 15.3. The van der Waals surface area contributed by atoms with E-state index < -0.39 is 0 Å². The van der Waals surface area contributed by atoms with Crippen molar-refractivity contribution in [1.82, 2.24) is 0 Å². The molecule has 0 spiro atoms. The van der Waals surface area contributed by atoms with Gasteiger partial charge in [-0.15, -0.1) is 0 Å². The van der Waals surface area contributed by atoms with E-state index in [9.17, 15) is 5.21 Å². The highest BCUT2D eigenvalue weighted by Gasteiger charge is 2.06. The lowest BCUT2D eigenvalue weighted by atomic mass is 10.1. The van der Waals surface area contributed by atoms with Crippen LogP contribution in [0.2, 0.25) is 0 Å². The van der Waals surface area contributed by atoms with Crippen LogP contribution in [-0.4, -0.2) is 18.1 Å². The van der Waals surface area contributed by atoms with Gasteiger partial charge in [-0.05, 0) is 49.2 Å². The van der Waals surface area contributed by atoms with E-state index in [2.05, 4.69) is 19.0 Å². The van der Waals surface area contributed by atoms with E-state index in [1.165, 1.54) is 77.0 Å². The number of rotatable bonds is 20. The average molecular weight is 483 g/mol. The summed E-state index contributed by atoms with van der Waals surface area (Å²) in [5, 5.41) is 16.6. The first-order valence-corrected chi connectivity index (χ1v) is 13.9. The molecule has 0 saturated heterocycles. The molecule has 2 aromatic rings. The monoisotopic (exact) mass is 482 g/mol. The number of nitrogens with zero attached hydrogens (tertiary/aromatic N) is 2. The maximum Gasteiger partial charge on any atom is 0.245 e. The largest absolute Gasteiger partial charge is 0.594 e. The Labute approximate surface area is 213 Å². The second-order valence-electron chi connectivity index (χ2n) is 9.30. The smallest absolute Gasteiger partial charge is 0.245 e. The lowest BCUT2D eigenvalue weighted by Crippen LogP contribution is -1.98. The van der Waals surface area contributed by atoms with E-state index in [-0.39, 0.29) is 0 Å². The van der Waals surface area contributed by atoms with Gasteiger partial charge in [-0.3, -0.25) is 0 Å². The molecular weight excluding hydrogens is 436 g/mol. The molecule has 0 atom stereocenters. The van der Waals surface area contributed by atoms with Gasteiger partial charge >= 0.3 is 0 Å². The maximum atomic E-state index is 12.4. The van der Waals surface area contributed by atoms with E-state index in [4.69, 9.17) is 9.47 Å². The maximum absolute atomic E-state index is 12.4. The van der Waals surface area contributed by atoms with Crippen molar-refractivity contribution in [3.05, 3.63) is 53.7 Å². The summed E-state index contributed by atoms with van der Waals surface area (Å²) in [6.45, 7) is 5.93. The van der Waals surface area contributed by atoms with Crippen LogP contribution in [0.3, 0.4) is 0 Å². The predicted molar refractivity (Wildman–Crippen MR) is 145 cm³/mol. The molecule has 0 bridgehead atoms. The Balaban J connectivity index is 1.66. The fourth-order valence-corrected chi connectivity index (χ4v) is 3.94. The topological polar surface area (TPSA) is 56.9 Å². The summed E-state index contributed by atoms with van der Waals surface area (Å²) in [6.07, 6.45) is 17.7. The van der Waals surface area contributed by atoms with Crippen molar-refractivity contribution >= 4 is 11.4 Å². The molecule has 0 aliphatic rings. The SMILES string of the molecule is CCCCCCCCCOc1ccc(N=[N+]([O-])c2ccc(OCCCCCCCCC)cc2)cc1. The summed E-state index contributed by atoms with van der Waals surface area (Å²) < 4.78 is 11.6. The lowest BCUT2D eigenvalue weighted by molar-refractivity contribution is -0.435. The Morgan fingerprint density at radius 3 is 1.43 bits per heavy atom. The minimum absolute atomic E-state index is 0.479. The molecular formula is C30H46N2O3. The van der Waals surface area contributed by atoms with Crippen molar-refractivity contribution in [3.63, 3.8) is 0 Å². The standard InChI is InChI=1S/C30H46N2O3/c1-3-5-7-9-11-13-15-25-34-29-21-17-27(18-22-29)31-32(33)28-19-23-30(24-20-28)35-26-16-14-12-10-8-6-4-2/h17-24H,3-16,25-26H2,1-2H3. The van der Waals surface area contributed by atoms with Gasteiger partial charge in [-0.1, -0.05) is 95.8 Å². The number of hydrogen-bond donors (Lipinski definition) is 0. The molecule has 0 aliphatic carbocycles. The molecule has 0 aliphatic heterocycles. The molecule has 5 heteroatoms. The van der Waals surface area contributed by atoms with Crippen molar-refractivity contribution < 1.29 is 14.3 Å². The molecule has 0 amide bonds. The Morgan fingerprint density at radius 2 is 0.971 bits per heavy atom. The molecule has 35 heavy (non-hydrogen) atoms. The Morgan fingerprint density at radius 1 is 0.571 bits per heavy atom. The van der Waals surface area contributed by atoms with Crippen LogP contribution in [0.5, 0.6) is 11.5 Å². The summed E-state index contributed by atoms with van der Waals surface area (Å²) in [4.78, 5) is 0.647. The molecule has 0 unspecified atom stereocenters. The molecule has 194 valence electrons. The van der Waals surface area contributed by atoms with Crippen LogP contribution >= 0.6 is 0 Å². The quantitative estimate of drug-likeness (QED) is 0.0816. The Bertz CT molecular complexity index is 803. The number of azo groups is 1. The Hall–Kier alpha value is -2.56. The van der Waals surface area contributed by atoms with Crippen LogP contribution in [0, 0.1) is 5.21 Å². The number of hydrogen-bond acceptors (Lipinski definition) is 4. The summed E-state index contributed by atoms with van der Waals surface area (Å²) >= 11 is 0. The zero-order valence-corrected chi connectivity index (χ0v) is 22.1. The summed E-state index contributed by atoms with van der Waals surface area (Å²) in [6, 6.07) is 14.5. The molecule has 2 aromatic carbocycles. The summed E-state index contributed by atoms with van der Waals surface area (Å²) in [5.41, 5.74) is 1.08. The fourth-order valence-electron chi connectivity index (χ4n) is 3.94. The third-order valence-corrected chi connectivity index (χ3v) is 6.13. The third kappa shape index (κ3) is 13.2. The van der Waals surface area contributed by atoms with Gasteiger partial charge in [0.25, 0.3) is 0 Å². The van der Waals surface area contributed by atoms with E-state index in [0.717, 1.165) is 30.9 Å². The van der Waals surface area contributed by atoms with Crippen molar-refractivity contribution in [2.24, 2.45) is 5.11 Å². The second kappa shape index (κ2) is 18.7. The molecule has 0 aromatic heterocycles. The van der Waals surface area contributed by atoms with Gasteiger partial charge < -0.3 is 14.7 Å². The normalized spacial score (nSPS) is 11.5. The average Bonchev–Trinajstić information content (AvgIpc) is 2.88. The highest BCUT2D eigenvalue weighted by molar-refractivity contribution is 5.41. The zero-order valence-electron chi connectivity index (χ0n) is 22.1. The predicted octanol–water partition coefficient (Wildman–Crippen LogP) is 9.87. The van der Waals surface area contributed by atoms with Crippen LogP contribution in [0.1, 0.15) is 104 Å². The van der Waals surface area contributed by atoms with Gasteiger partial charge in [0.05, 0.1) is 13.2 Å². The van der Waals surface area contributed by atoms with Crippen LogP contribution < -0.4 is 9.47 Å². The number of unbranched alkanes of at least 4 members (excludes halogenated alkanes) is 12. The van der Waals surface area contributed by atoms with Crippen LogP contribution in [-0.2, 0) is 0 Å². The second-order valence-corrected chi connectivity index (χ2v) is 9.30. The molecule has 2 rings (SSSR count). The van der Waals surface area contributed by atoms with Gasteiger partial charge in [-0.25, -0.2) is 0 Å². The van der Waals surface area contributed by atoms with Gasteiger partial charge in [0.1, 0.15) is 17.2 Å². The lowest BCUT2D eigenvalue weighted by Gasteiger charge is -2.07. The van der Waals surface area contributed by atoms with Gasteiger partial charge in [0.2, 0.25) is 5.69 Å². The van der Waals surface area contributed by atoms with Gasteiger partial charge in [0.15, 0.2) is 0 Å². The third-order valence-electron chi connectivity index (χ3n) is 6.13. The van der Waals surface area contributed by atoms with Crippen molar-refractivity contribution in [1.29, 1.82) is 0 Å². The first kappa shape index (κ1) is 28.7. The zero-order chi connectivity index (χ0) is 25.0. The number of ether oxygens (including phenoxy) is 2. The molecule has 0 saturated carbocycles.